The first-order valence-electron chi connectivity index (χ1n) is 11.0. The normalized spacial score (nSPS) is 15.7. The molecule has 1 aliphatic heterocycles. The van der Waals surface area contributed by atoms with E-state index in [1.165, 1.54) is 5.56 Å². The number of carbonyl (C=O) groups is 2. The predicted octanol–water partition coefficient (Wildman–Crippen LogP) is 5.78. The van der Waals surface area contributed by atoms with Gasteiger partial charge in [0.15, 0.2) is 0 Å². The number of methoxy groups -OCH3 is 1. The van der Waals surface area contributed by atoms with Crippen molar-refractivity contribution in [1.82, 2.24) is 0 Å². The van der Waals surface area contributed by atoms with E-state index < -0.39 is 0 Å². The standard InChI is InChI=1S/C27H28N2O3S/c1-18(2)23-6-4-5-7-24(23)29-26(31)17-33-27(29)20-10-12-21(13-11-20)28-25(30)16-19-8-14-22(32-3)15-9-19/h4-15,18,27H,16-17H2,1-3H3,(H,28,30). The highest BCUT2D eigenvalue weighted by molar-refractivity contribution is 8.00. The number of rotatable bonds is 7. The first kappa shape index (κ1) is 22.9. The highest BCUT2D eigenvalue weighted by Crippen LogP contribution is 2.44. The number of hydrogen-bond donors (Lipinski definition) is 1. The molecule has 0 aromatic heterocycles. The van der Waals surface area contributed by atoms with Gasteiger partial charge in [0.05, 0.1) is 19.3 Å². The zero-order chi connectivity index (χ0) is 23.4. The third-order valence-corrected chi connectivity index (χ3v) is 6.90. The number of anilines is 2. The minimum absolute atomic E-state index is 0.0779. The summed E-state index contributed by atoms with van der Waals surface area (Å²) in [7, 11) is 1.62. The molecule has 6 heteroatoms. The van der Waals surface area contributed by atoms with Gasteiger partial charge in [0.1, 0.15) is 11.1 Å². The summed E-state index contributed by atoms with van der Waals surface area (Å²) in [6.07, 6.45) is 0.290. The zero-order valence-electron chi connectivity index (χ0n) is 19.1. The van der Waals surface area contributed by atoms with Gasteiger partial charge in [-0.2, -0.15) is 0 Å². The van der Waals surface area contributed by atoms with Gasteiger partial charge in [-0.05, 0) is 52.9 Å². The number of nitrogens with zero attached hydrogens (tertiary/aromatic N) is 1. The Bertz CT molecular complexity index is 1130. The number of para-hydroxylation sites is 1. The van der Waals surface area contributed by atoms with Crippen LogP contribution in [-0.4, -0.2) is 24.7 Å². The average molecular weight is 461 g/mol. The molecule has 5 nitrogen and oxygen atoms in total. The van der Waals surface area contributed by atoms with Crippen LogP contribution in [0.3, 0.4) is 0 Å². The van der Waals surface area contributed by atoms with E-state index in [9.17, 15) is 9.59 Å². The van der Waals surface area contributed by atoms with Crippen molar-refractivity contribution in [3.63, 3.8) is 0 Å². The Labute approximate surface area is 199 Å². The Morgan fingerprint density at radius 1 is 1.06 bits per heavy atom. The van der Waals surface area contributed by atoms with Gasteiger partial charge in [-0.3, -0.25) is 14.5 Å². The summed E-state index contributed by atoms with van der Waals surface area (Å²) in [4.78, 5) is 27.2. The molecule has 1 heterocycles. The number of ether oxygens (including phenoxy) is 1. The fourth-order valence-electron chi connectivity index (χ4n) is 3.99. The second-order valence-electron chi connectivity index (χ2n) is 8.34. The van der Waals surface area contributed by atoms with Crippen molar-refractivity contribution in [2.75, 3.05) is 23.1 Å². The predicted molar refractivity (Wildman–Crippen MR) is 135 cm³/mol. The smallest absolute Gasteiger partial charge is 0.238 e. The first-order valence-corrected chi connectivity index (χ1v) is 12.1. The van der Waals surface area contributed by atoms with Crippen LogP contribution >= 0.6 is 11.8 Å². The van der Waals surface area contributed by atoms with Crippen LogP contribution in [0.1, 0.15) is 41.8 Å². The van der Waals surface area contributed by atoms with Crippen molar-refractivity contribution in [1.29, 1.82) is 0 Å². The minimum Gasteiger partial charge on any atom is -0.497 e. The molecule has 33 heavy (non-hydrogen) atoms. The fourth-order valence-corrected chi connectivity index (χ4v) is 5.16. The summed E-state index contributed by atoms with van der Waals surface area (Å²) in [6, 6.07) is 23.4. The summed E-state index contributed by atoms with van der Waals surface area (Å²) >= 11 is 1.63. The van der Waals surface area contributed by atoms with Crippen molar-refractivity contribution in [3.8, 4) is 5.75 Å². The van der Waals surface area contributed by atoms with E-state index in [0.717, 1.165) is 28.3 Å². The number of carbonyl (C=O) groups excluding carboxylic acids is 2. The number of hydrogen-bond acceptors (Lipinski definition) is 4. The Morgan fingerprint density at radius 2 is 1.76 bits per heavy atom. The van der Waals surface area contributed by atoms with Crippen molar-refractivity contribution in [2.45, 2.75) is 31.6 Å². The number of amides is 2. The molecule has 2 amide bonds. The van der Waals surface area contributed by atoms with Gasteiger partial charge < -0.3 is 10.1 Å². The summed E-state index contributed by atoms with van der Waals surface area (Å²) in [6.45, 7) is 4.29. The van der Waals surface area contributed by atoms with E-state index in [-0.39, 0.29) is 17.2 Å². The van der Waals surface area contributed by atoms with E-state index in [1.54, 1.807) is 18.9 Å². The second-order valence-corrected chi connectivity index (χ2v) is 9.40. The van der Waals surface area contributed by atoms with Crippen LogP contribution in [-0.2, 0) is 16.0 Å². The van der Waals surface area contributed by atoms with Crippen molar-refractivity contribution in [3.05, 3.63) is 89.5 Å². The molecule has 1 aliphatic rings. The van der Waals surface area contributed by atoms with E-state index >= 15 is 0 Å². The van der Waals surface area contributed by atoms with Crippen molar-refractivity contribution >= 4 is 35.0 Å². The first-order chi connectivity index (χ1) is 16.0. The van der Waals surface area contributed by atoms with E-state index in [1.807, 2.05) is 71.6 Å². The van der Waals surface area contributed by atoms with Gasteiger partial charge in [0, 0.05) is 11.4 Å². The van der Waals surface area contributed by atoms with Crippen LogP contribution in [0.15, 0.2) is 72.8 Å². The molecule has 0 radical (unpaired) electrons. The van der Waals surface area contributed by atoms with Gasteiger partial charge in [-0.15, -0.1) is 11.8 Å². The molecule has 0 saturated carbocycles. The third kappa shape index (κ3) is 5.22. The van der Waals surface area contributed by atoms with Crippen molar-refractivity contribution < 1.29 is 14.3 Å². The quantitative estimate of drug-likeness (QED) is 0.486. The summed E-state index contributed by atoms with van der Waals surface area (Å²) in [5.41, 5.74) is 4.84. The maximum Gasteiger partial charge on any atom is 0.238 e. The number of thioether (sulfide) groups is 1. The third-order valence-electron chi connectivity index (χ3n) is 5.69. The topological polar surface area (TPSA) is 58.6 Å². The van der Waals surface area contributed by atoms with E-state index in [0.29, 0.717) is 18.1 Å². The fraction of sp³-hybridized carbons (Fsp3) is 0.259. The van der Waals surface area contributed by atoms with E-state index in [4.69, 9.17) is 4.74 Å². The van der Waals surface area contributed by atoms with Gasteiger partial charge in [-0.1, -0.05) is 56.3 Å². The average Bonchev–Trinajstić information content (AvgIpc) is 3.21. The molecule has 0 aliphatic carbocycles. The Hall–Kier alpha value is -3.25. The molecule has 1 atom stereocenters. The molecular formula is C27H28N2O3S. The van der Waals surface area contributed by atoms with Gasteiger partial charge in [0.25, 0.3) is 0 Å². The summed E-state index contributed by atoms with van der Waals surface area (Å²) in [5.74, 6) is 1.59. The molecule has 1 N–H and O–H groups in total. The lowest BCUT2D eigenvalue weighted by atomic mass is 10.00. The van der Waals surface area contributed by atoms with Crippen LogP contribution < -0.4 is 15.0 Å². The van der Waals surface area contributed by atoms with Crippen LogP contribution in [0.4, 0.5) is 11.4 Å². The Morgan fingerprint density at radius 3 is 2.42 bits per heavy atom. The molecule has 0 bridgehead atoms. The largest absolute Gasteiger partial charge is 0.497 e. The van der Waals surface area contributed by atoms with E-state index in [2.05, 4.69) is 25.2 Å². The molecule has 3 aromatic rings. The molecule has 1 unspecified atom stereocenters. The molecule has 170 valence electrons. The van der Waals surface area contributed by atoms with Crippen LogP contribution in [0, 0.1) is 0 Å². The molecule has 4 rings (SSSR count). The van der Waals surface area contributed by atoms with Gasteiger partial charge >= 0.3 is 0 Å². The molecule has 1 saturated heterocycles. The van der Waals surface area contributed by atoms with Crippen LogP contribution in [0.25, 0.3) is 0 Å². The SMILES string of the molecule is COc1ccc(CC(=O)Nc2ccc(C3SCC(=O)N3c3ccccc3C(C)C)cc2)cc1. The van der Waals surface area contributed by atoms with Crippen LogP contribution in [0.2, 0.25) is 0 Å². The van der Waals surface area contributed by atoms with Gasteiger partial charge in [-0.25, -0.2) is 0 Å². The second kappa shape index (κ2) is 10.1. The highest BCUT2D eigenvalue weighted by Gasteiger charge is 2.35. The summed E-state index contributed by atoms with van der Waals surface area (Å²) in [5, 5.41) is 2.87. The van der Waals surface area contributed by atoms with Crippen molar-refractivity contribution in [2.24, 2.45) is 0 Å². The minimum atomic E-state index is -0.0820. The highest BCUT2D eigenvalue weighted by atomic mass is 32.2. The lowest BCUT2D eigenvalue weighted by Gasteiger charge is -2.27. The lowest BCUT2D eigenvalue weighted by Crippen LogP contribution is -2.29. The van der Waals surface area contributed by atoms with Crippen LogP contribution in [0.5, 0.6) is 5.75 Å². The zero-order valence-corrected chi connectivity index (χ0v) is 19.9. The molecule has 0 spiro atoms. The lowest BCUT2D eigenvalue weighted by molar-refractivity contribution is -0.116. The Balaban J connectivity index is 1.47. The van der Waals surface area contributed by atoms with Gasteiger partial charge in [0.2, 0.25) is 11.8 Å². The number of benzene rings is 3. The monoisotopic (exact) mass is 460 g/mol. The maximum atomic E-state index is 12.8. The summed E-state index contributed by atoms with van der Waals surface area (Å²) < 4.78 is 5.16. The molecule has 3 aromatic carbocycles. The molecular weight excluding hydrogens is 432 g/mol. The Kier molecular flexibility index (Phi) is 7.04. The molecule has 1 fully saturated rings. The number of nitrogens with one attached hydrogen (secondary N) is 1. The maximum absolute atomic E-state index is 12.8.